The van der Waals surface area contributed by atoms with Crippen LogP contribution < -0.4 is 5.32 Å². The number of esters is 1. The number of aromatic amines is 1. The molecule has 3 rings (SSSR count). The normalized spacial score (nSPS) is 10.9. The summed E-state index contributed by atoms with van der Waals surface area (Å²) in [6, 6.07) is 13.2. The molecule has 0 saturated carbocycles. The highest BCUT2D eigenvalue weighted by Gasteiger charge is 2.15. The van der Waals surface area contributed by atoms with Gasteiger partial charge in [-0.2, -0.15) is 8.78 Å². The van der Waals surface area contributed by atoms with Gasteiger partial charge in [0.2, 0.25) is 0 Å². The summed E-state index contributed by atoms with van der Waals surface area (Å²) in [6.07, 6.45) is 1.53. The van der Waals surface area contributed by atoms with E-state index in [1.807, 2.05) is 12.1 Å². The van der Waals surface area contributed by atoms with Gasteiger partial charge < -0.3 is 15.0 Å². The van der Waals surface area contributed by atoms with Crippen molar-refractivity contribution < 1.29 is 23.1 Å². The minimum atomic E-state index is -2.50. The summed E-state index contributed by atoms with van der Waals surface area (Å²) in [4.78, 5) is 27.4. The van der Waals surface area contributed by atoms with Gasteiger partial charge in [0.25, 0.3) is 11.7 Å². The molecule has 0 aliphatic rings. The molecule has 0 atom stereocenters. The Morgan fingerprint density at radius 3 is 2.58 bits per heavy atom. The van der Waals surface area contributed by atoms with Crippen LogP contribution in [0.15, 0.2) is 59.6 Å². The maximum atomic E-state index is 12.3. The van der Waals surface area contributed by atoms with Gasteiger partial charge in [-0.3, -0.25) is 4.79 Å². The van der Waals surface area contributed by atoms with E-state index in [2.05, 4.69) is 10.3 Å². The van der Waals surface area contributed by atoms with Crippen LogP contribution in [0.25, 0.3) is 10.9 Å². The van der Waals surface area contributed by atoms with Crippen LogP contribution in [-0.2, 0) is 9.53 Å². The molecule has 134 valence electrons. The molecule has 2 N–H and O–H groups in total. The Morgan fingerprint density at radius 2 is 1.85 bits per heavy atom. The number of ether oxygens (including phenoxy) is 1. The predicted molar refractivity (Wildman–Crippen MR) is 95.5 cm³/mol. The second-order valence-electron chi connectivity index (χ2n) is 5.28. The average Bonchev–Trinajstić information content (AvgIpc) is 3.05. The van der Waals surface area contributed by atoms with Gasteiger partial charge >= 0.3 is 5.97 Å². The summed E-state index contributed by atoms with van der Waals surface area (Å²) in [5, 5.41) is 3.25. The molecule has 3 aromatic rings. The molecule has 0 spiro atoms. The number of hydrogen-bond donors (Lipinski definition) is 2. The van der Waals surface area contributed by atoms with Crippen LogP contribution in [0.4, 0.5) is 14.5 Å². The van der Waals surface area contributed by atoms with Crippen molar-refractivity contribution in [2.45, 2.75) is 10.7 Å². The second-order valence-corrected chi connectivity index (χ2v) is 6.34. The molecule has 1 heterocycles. The van der Waals surface area contributed by atoms with Gasteiger partial charge in [-0.1, -0.05) is 30.0 Å². The number of fused-ring (bicyclic) bond motifs is 1. The molecule has 0 bridgehead atoms. The van der Waals surface area contributed by atoms with Gasteiger partial charge in [0.15, 0.2) is 6.61 Å². The summed E-state index contributed by atoms with van der Waals surface area (Å²) in [6.45, 7) is -0.453. The number of amides is 1. The highest BCUT2D eigenvalue weighted by molar-refractivity contribution is 7.99. The van der Waals surface area contributed by atoms with Gasteiger partial charge in [0.05, 0.1) is 5.56 Å². The van der Waals surface area contributed by atoms with Crippen molar-refractivity contribution >= 4 is 40.2 Å². The number of carbonyl (C=O) groups excluding carboxylic acids is 2. The first-order valence-electron chi connectivity index (χ1n) is 7.61. The number of benzene rings is 2. The minimum absolute atomic E-state index is 0.349. The van der Waals surface area contributed by atoms with Crippen molar-refractivity contribution in [2.24, 2.45) is 0 Å². The number of halogens is 2. The molecule has 0 fully saturated rings. The topological polar surface area (TPSA) is 71.2 Å². The molecular formula is C18H14F2N2O3S. The molecule has 8 heteroatoms. The molecule has 2 aromatic carbocycles. The quantitative estimate of drug-likeness (QED) is 0.498. The van der Waals surface area contributed by atoms with Crippen molar-refractivity contribution in [2.75, 3.05) is 11.9 Å². The smallest absolute Gasteiger partial charge is 0.340 e. The van der Waals surface area contributed by atoms with Crippen LogP contribution >= 0.6 is 11.8 Å². The second kappa shape index (κ2) is 8.01. The SMILES string of the molecule is O=C(COC(=O)c1c[nH]c2ccccc12)Nc1ccc(SC(F)F)cc1. The number of carbonyl (C=O) groups is 2. The fourth-order valence-corrected chi connectivity index (χ4v) is 2.86. The van der Waals surface area contributed by atoms with Crippen molar-refractivity contribution in [1.29, 1.82) is 0 Å². The number of aromatic nitrogens is 1. The molecular weight excluding hydrogens is 362 g/mol. The molecule has 0 aliphatic heterocycles. The first-order chi connectivity index (χ1) is 12.5. The number of H-pyrrole nitrogens is 1. The van der Waals surface area contributed by atoms with E-state index in [0.29, 0.717) is 33.3 Å². The number of nitrogens with one attached hydrogen (secondary N) is 2. The lowest BCUT2D eigenvalue weighted by atomic mass is 10.2. The molecule has 1 aromatic heterocycles. The molecule has 0 radical (unpaired) electrons. The van der Waals surface area contributed by atoms with E-state index in [-0.39, 0.29) is 0 Å². The molecule has 0 unspecified atom stereocenters. The summed E-state index contributed by atoms with van der Waals surface area (Å²) >= 11 is 0.421. The van der Waals surface area contributed by atoms with Crippen LogP contribution in [0.2, 0.25) is 0 Å². The first-order valence-corrected chi connectivity index (χ1v) is 8.49. The van der Waals surface area contributed by atoms with Gasteiger partial charge in [-0.15, -0.1) is 0 Å². The van der Waals surface area contributed by atoms with Crippen LogP contribution in [0.5, 0.6) is 0 Å². The standard InChI is InChI=1S/C18H14F2N2O3S/c19-18(20)26-12-7-5-11(6-8-12)22-16(23)10-25-17(24)14-9-21-15-4-2-1-3-13(14)15/h1-9,18,21H,10H2,(H,22,23). The molecule has 1 amide bonds. The Labute approximate surface area is 151 Å². The predicted octanol–water partition coefficient (Wildman–Crippen LogP) is 4.28. The van der Waals surface area contributed by atoms with E-state index in [1.54, 1.807) is 12.1 Å². The lowest BCUT2D eigenvalue weighted by Gasteiger charge is -2.07. The summed E-state index contributed by atoms with van der Waals surface area (Å²) < 4.78 is 29.6. The Balaban J connectivity index is 1.54. The lowest BCUT2D eigenvalue weighted by Crippen LogP contribution is -2.20. The first kappa shape index (κ1) is 17.9. The number of alkyl halides is 2. The van der Waals surface area contributed by atoms with Crippen molar-refractivity contribution in [1.82, 2.24) is 4.98 Å². The minimum Gasteiger partial charge on any atom is -0.452 e. The van der Waals surface area contributed by atoms with Gasteiger partial charge in [-0.25, -0.2) is 4.79 Å². The Bertz CT molecular complexity index is 926. The van der Waals surface area contributed by atoms with E-state index in [1.165, 1.54) is 30.5 Å². The molecule has 0 saturated heterocycles. The fraction of sp³-hybridized carbons (Fsp3) is 0.111. The van der Waals surface area contributed by atoms with Gasteiger partial charge in [-0.05, 0) is 30.3 Å². The van der Waals surface area contributed by atoms with Crippen LogP contribution in [0.1, 0.15) is 10.4 Å². The molecule has 26 heavy (non-hydrogen) atoms. The zero-order valence-electron chi connectivity index (χ0n) is 13.4. The van der Waals surface area contributed by atoms with Gasteiger partial charge in [0.1, 0.15) is 0 Å². The fourth-order valence-electron chi connectivity index (χ4n) is 2.37. The van der Waals surface area contributed by atoms with E-state index in [4.69, 9.17) is 4.74 Å². The number of hydrogen-bond acceptors (Lipinski definition) is 4. The number of thioether (sulfide) groups is 1. The van der Waals surface area contributed by atoms with Crippen molar-refractivity contribution in [3.05, 3.63) is 60.3 Å². The van der Waals surface area contributed by atoms with E-state index in [0.717, 1.165) is 5.52 Å². The average molecular weight is 376 g/mol. The van der Waals surface area contributed by atoms with Crippen LogP contribution in [-0.4, -0.2) is 29.2 Å². The lowest BCUT2D eigenvalue weighted by molar-refractivity contribution is -0.119. The van der Waals surface area contributed by atoms with Crippen LogP contribution in [0.3, 0.4) is 0 Å². The number of rotatable bonds is 6. The maximum Gasteiger partial charge on any atom is 0.340 e. The third-order valence-electron chi connectivity index (χ3n) is 3.51. The summed E-state index contributed by atoms with van der Waals surface area (Å²) in [7, 11) is 0. The Morgan fingerprint density at radius 1 is 1.12 bits per heavy atom. The maximum absolute atomic E-state index is 12.3. The third kappa shape index (κ3) is 4.40. The van der Waals surface area contributed by atoms with E-state index in [9.17, 15) is 18.4 Å². The zero-order chi connectivity index (χ0) is 18.5. The molecule has 0 aliphatic carbocycles. The van der Waals surface area contributed by atoms with E-state index < -0.39 is 24.2 Å². The van der Waals surface area contributed by atoms with E-state index >= 15 is 0 Å². The number of anilines is 1. The number of para-hydroxylation sites is 1. The van der Waals surface area contributed by atoms with Gasteiger partial charge in [0, 0.05) is 27.7 Å². The Kier molecular flexibility index (Phi) is 5.52. The summed E-state index contributed by atoms with van der Waals surface area (Å²) in [5.41, 5.74) is 1.57. The van der Waals surface area contributed by atoms with Crippen LogP contribution in [0, 0.1) is 0 Å². The van der Waals surface area contributed by atoms with Crippen molar-refractivity contribution in [3.8, 4) is 0 Å². The largest absolute Gasteiger partial charge is 0.452 e. The highest BCUT2D eigenvalue weighted by atomic mass is 32.2. The molecule has 5 nitrogen and oxygen atoms in total. The monoisotopic (exact) mass is 376 g/mol. The van der Waals surface area contributed by atoms with Crippen molar-refractivity contribution in [3.63, 3.8) is 0 Å². The summed E-state index contributed by atoms with van der Waals surface area (Å²) in [5.74, 6) is -3.63. The Hall–Kier alpha value is -2.87. The third-order valence-corrected chi connectivity index (χ3v) is 4.23. The zero-order valence-corrected chi connectivity index (χ0v) is 14.2. The highest BCUT2D eigenvalue weighted by Crippen LogP contribution is 2.26.